The number of carbonyl (C=O) groups is 1. The van der Waals surface area contributed by atoms with E-state index in [0.29, 0.717) is 12.8 Å². The molecule has 0 spiro atoms. The minimum absolute atomic E-state index is 0.355. The van der Waals surface area contributed by atoms with Gasteiger partial charge in [0.15, 0.2) is 0 Å². The highest BCUT2D eigenvalue weighted by Gasteiger charge is 2.31. The van der Waals surface area contributed by atoms with Gasteiger partial charge >= 0.3 is 12.1 Å². The lowest BCUT2D eigenvalue weighted by atomic mass is 10.1. The van der Waals surface area contributed by atoms with E-state index < -0.39 is 30.7 Å². The lowest BCUT2D eigenvalue weighted by molar-refractivity contribution is -0.145. The molecule has 0 heterocycles. The fraction of sp³-hybridized carbons (Fsp3) is 0.900. The summed E-state index contributed by atoms with van der Waals surface area (Å²) in [4.78, 5) is 10.8. The minimum atomic E-state index is -4.26. The molecule has 0 aliphatic heterocycles. The molecule has 0 amide bonds. The van der Waals surface area contributed by atoms with Gasteiger partial charge < -0.3 is 10.4 Å². The molecule has 0 aliphatic rings. The SMILES string of the molecule is CCCCC(NC(C)CC(F)(F)F)C(=O)O. The van der Waals surface area contributed by atoms with E-state index in [4.69, 9.17) is 5.11 Å². The molecule has 0 aliphatic carbocycles. The van der Waals surface area contributed by atoms with Crippen LogP contribution in [-0.2, 0) is 4.79 Å². The maximum atomic E-state index is 12.0. The van der Waals surface area contributed by atoms with Crippen LogP contribution >= 0.6 is 0 Å². The number of unbranched alkanes of at least 4 members (excludes halogenated alkanes) is 1. The lowest BCUT2D eigenvalue weighted by Crippen LogP contribution is -2.43. The highest BCUT2D eigenvalue weighted by Crippen LogP contribution is 2.21. The predicted molar refractivity (Wildman–Crippen MR) is 54.2 cm³/mol. The van der Waals surface area contributed by atoms with Crippen molar-refractivity contribution in [3.05, 3.63) is 0 Å². The molecule has 16 heavy (non-hydrogen) atoms. The standard InChI is InChI=1S/C10H18F3NO2/c1-3-4-5-8(9(15)16)14-7(2)6-10(11,12)13/h7-8,14H,3-6H2,1-2H3,(H,15,16). The average molecular weight is 241 g/mol. The summed E-state index contributed by atoms with van der Waals surface area (Å²) in [6, 6.07) is -1.77. The van der Waals surface area contributed by atoms with Crippen molar-refractivity contribution in [1.29, 1.82) is 0 Å². The van der Waals surface area contributed by atoms with Crippen LogP contribution in [0.3, 0.4) is 0 Å². The zero-order valence-corrected chi connectivity index (χ0v) is 9.47. The fourth-order valence-electron chi connectivity index (χ4n) is 1.44. The average Bonchev–Trinajstić information content (AvgIpc) is 2.08. The molecule has 6 heteroatoms. The van der Waals surface area contributed by atoms with Crippen LogP contribution in [0.1, 0.15) is 39.5 Å². The van der Waals surface area contributed by atoms with Crippen molar-refractivity contribution < 1.29 is 23.1 Å². The van der Waals surface area contributed by atoms with Crippen molar-refractivity contribution >= 4 is 5.97 Å². The van der Waals surface area contributed by atoms with Crippen LogP contribution in [0.4, 0.5) is 13.2 Å². The number of carboxylic acids is 1. The Hall–Kier alpha value is -0.780. The maximum absolute atomic E-state index is 12.0. The van der Waals surface area contributed by atoms with Gasteiger partial charge in [0, 0.05) is 6.04 Å². The first kappa shape index (κ1) is 15.2. The molecule has 0 aromatic rings. The molecule has 2 unspecified atom stereocenters. The third kappa shape index (κ3) is 7.50. The second kappa shape index (κ2) is 6.73. The number of alkyl halides is 3. The van der Waals surface area contributed by atoms with E-state index in [2.05, 4.69) is 5.32 Å². The van der Waals surface area contributed by atoms with Crippen LogP contribution in [-0.4, -0.2) is 29.3 Å². The Morgan fingerprint density at radius 2 is 2.00 bits per heavy atom. The Balaban J connectivity index is 4.13. The Labute approximate surface area is 93.0 Å². The van der Waals surface area contributed by atoms with Crippen molar-refractivity contribution in [3.8, 4) is 0 Å². The molecular formula is C10H18F3NO2. The summed E-state index contributed by atoms with van der Waals surface area (Å²) in [6.45, 7) is 3.24. The third-order valence-corrected chi connectivity index (χ3v) is 2.17. The number of hydrogen-bond donors (Lipinski definition) is 2. The van der Waals surface area contributed by atoms with Gasteiger partial charge in [-0.1, -0.05) is 19.8 Å². The number of aliphatic carboxylic acids is 1. The van der Waals surface area contributed by atoms with Crippen molar-refractivity contribution in [3.63, 3.8) is 0 Å². The van der Waals surface area contributed by atoms with Crippen molar-refractivity contribution in [1.82, 2.24) is 5.32 Å². The van der Waals surface area contributed by atoms with Crippen LogP contribution in [0.5, 0.6) is 0 Å². The highest BCUT2D eigenvalue weighted by atomic mass is 19.4. The molecule has 96 valence electrons. The Morgan fingerprint density at radius 1 is 1.44 bits per heavy atom. The number of hydrogen-bond acceptors (Lipinski definition) is 2. The summed E-state index contributed by atoms with van der Waals surface area (Å²) in [5.74, 6) is -1.09. The molecule has 3 nitrogen and oxygen atoms in total. The minimum Gasteiger partial charge on any atom is -0.480 e. The summed E-state index contributed by atoms with van der Waals surface area (Å²) < 4.78 is 36.1. The van der Waals surface area contributed by atoms with Gasteiger partial charge in [0.25, 0.3) is 0 Å². The molecule has 0 rings (SSSR count). The second-order valence-electron chi connectivity index (χ2n) is 3.92. The van der Waals surface area contributed by atoms with Gasteiger partial charge in [0.2, 0.25) is 0 Å². The molecule has 0 aromatic carbocycles. The van der Waals surface area contributed by atoms with Crippen molar-refractivity contribution in [2.24, 2.45) is 0 Å². The molecule has 0 aromatic heterocycles. The van der Waals surface area contributed by atoms with E-state index in [1.165, 1.54) is 6.92 Å². The van der Waals surface area contributed by atoms with Gasteiger partial charge in [-0.2, -0.15) is 13.2 Å². The molecule has 0 fully saturated rings. The molecule has 0 saturated carbocycles. The van der Waals surface area contributed by atoms with E-state index >= 15 is 0 Å². The third-order valence-electron chi connectivity index (χ3n) is 2.17. The van der Waals surface area contributed by atoms with Crippen molar-refractivity contribution in [2.45, 2.75) is 57.8 Å². The van der Waals surface area contributed by atoms with Gasteiger partial charge in [-0.05, 0) is 13.3 Å². The first-order valence-electron chi connectivity index (χ1n) is 5.32. The van der Waals surface area contributed by atoms with E-state index in [0.717, 1.165) is 6.42 Å². The predicted octanol–water partition coefficient (Wildman–Crippen LogP) is 2.56. The summed E-state index contributed by atoms with van der Waals surface area (Å²) >= 11 is 0. The Kier molecular flexibility index (Phi) is 6.40. The Morgan fingerprint density at radius 3 is 2.38 bits per heavy atom. The van der Waals surface area contributed by atoms with Gasteiger partial charge in [0.05, 0.1) is 6.42 Å². The number of rotatable bonds is 7. The Bertz CT molecular complexity index is 219. The van der Waals surface area contributed by atoms with E-state index in [1.807, 2.05) is 6.92 Å². The van der Waals surface area contributed by atoms with Crippen LogP contribution in [0.2, 0.25) is 0 Å². The fourth-order valence-corrected chi connectivity index (χ4v) is 1.44. The van der Waals surface area contributed by atoms with Gasteiger partial charge in [-0.3, -0.25) is 4.79 Å². The largest absolute Gasteiger partial charge is 0.480 e. The van der Waals surface area contributed by atoms with Crippen LogP contribution in [0.25, 0.3) is 0 Å². The number of halogens is 3. The van der Waals surface area contributed by atoms with Crippen LogP contribution < -0.4 is 5.32 Å². The number of carboxylic acid groups (broad SMARTS) is 1. The van der Waals surface area contributed by atoms with E-state index in [9.17, 15) is 18.0 Å². The first-order chi connectivity index (χ1) is 7.26. The second-order valence-corrected chi connectivity index (χ2v) is 3.92. The highest BCUT2D eigenvalue weighted by molar-refractivity contribution is 5.73. The molecule has 0 saturated heterocycles. The van der Waals surface area contributed by atoms with Gasteiger partial charge in [0.1, 0.15) is 6.04 Å². The smallest absolute Gasteiger partial charge is 0.390 e. The van der Waals surface area contributed by atoms with E-state index in [1.54, 1.807) is 0 Å². The van der Waals surface area contributed by atoms with E-state index in [-0.39, 0.29) is 0 Å². The molecule has 0 bridgehead atoms. The van der Waals surface area contributed by atoms with Crippen molar-refractivity contribution in [2.75, 3.05) is 0 Å². The maximum Gasteiger partial charge on any atom is 0.390 e. The zero-order valence-electron chi connectivity index (χ0n) is 9.47. The lowest BCUT2D eigenvalue weighted by Gasteiger charge is -2.21. The van der Waals surface area contributed by atoms with Crippen LogP contribution in [0, 0.1) is 0 Å². The summed E-state index contributed by atoms with van der Waals surface area (Å²) in [6.07, 6.45) is -3.42. The molecular weight excluding hydrogens is 223 g/mol. The summed E-state index contributed by atoms with van der Waals surface area (Å²) in [5.41, 5.74) is 0. The topological polar surface area (TPSA) is 49.3 Å². The first-order valence-corrected chi connectivity index (χ1v) is 5.32. The van der Waals surface area contributed by atoms with Gasteiger partial charge in [-0.15, -0.1) is 0 Å². The number of nitrogens with one attached hydrogen (secondary N) is 1. The quantitative estimate of drug-likeness (QED) is 0.720. The monoisotopic (exact) mass is 241 g/mol. The summed E-state index contributed by atoms with van der Waals surface area (Å²) in [7, 11) is 0. The molecule has 0 radical (unpaired) electrons. The molecule has 2 atom stereocenters. The van der Waals surface area contributed by atoms with Gasteiger partial charge in [-0.25, -0.2) is 0 Å². The zero-order chi connectivity index (χ0) is 12.8. The summed E-state index contributed by atoms with van der Waals surface area (Å²) in [5, 5.41) is 11.3. The molecule has 2 N–H and O–H groups in total. The van der Waals surface area contributed by atoms with Crippen LogP contribution in [0.15, 0.2) is 0 Å². The normalized spacial score (nSPS) is 15.8.